The molecule has 4 heteroatoms. The molecule has 0 fully saturated rings. The summed E-state index contributed by atoms with van der Waals surface area (Å²) >= 11 is 0. The van der Waals surface area contributed by atoms with Crippen LogP contribution in [-0.4, -0.2) is 13.2 Å². The molecule has 0 unspecified atom stereocenters. The van der Waals surface area contributed by atoms with E-state index in [0.717, 1.165) is 35.8 Å². The molecule has 0 saturated heterocycles. The summed E-state index contributed by atoms with van der Waals surface area (Å²) in [7, 11) is 0. The molecular weight excluding hydrogens is 250 g/mol. The molecule has 1 aliphatic rings. The Balaban J connectivity index is 1.92. The second-order valence-electron chi connectivity index (χ2n) is 4.78. The lowest BCUT2D eigenvalue weighted by Gasteiger charge is -2.32. The van der Waals surface area contributed by atoms with Crippen LogP contribution in [0.25, 0.3) is 0 Å². The molecule has 20 heavy (non-hydrogen) atoms. The molecule has 1 heterocycles. The topological polar surface area (TPSA) is 62.3 Å². The second-order valence-corrected chi connectivity index (χ2v) is 4.78. The van der Waals surface area contributed by atoms with E-state index in [2.05, 4.69) is 11.0 Å². The Morgan fingerprint density at radius 2 is 2.10 bits per heavy atom. The largest absolute Gasteiger partial charge is 0.489 e. The minimum absolute atomic E-state index is 0.647. The van der Waals surface area contributed by atoms with Crippen molar-refractivity contribution in [1.82, 2.24) is 0 Å². The summed E-state index contributed by atoms with van der Waals surface area (Å²) in [5.74, 6) is 0.827. The SMILES string of the molecule is N#Cc1cccc(CN2CCOc3cccc(N)c32)c1. The van der Waals surface area contributed by atoms with Crippen molar-refractivity contribution in [3.8, 4) is 11.8 Å². The first kappa shape index (κ1) is 12.4. The molecule has 0 saturated carbocycles. The summed E-state index contributed by atoms with van der Waals surface area (Å²) in [5.41, 5.74) is 9.51. The number of nitrogens with two attached hydrogens (primary N) is 1. The van der Waals surface area contributed by atoms with Crippen LogP contribution in [-0.2, 0) is 6.54 Å². The van der Waals surface area contributed by atoms with Crippen LogP contribution in [0.15, 0.2) is 42.5 Å². The average Bonchev–Trinajstić information content (AvgIpc) is 2.48. The molecule has 4 nitrogen and oxygen atoms in total. The number of para-hydroxylation sites is 1. The Morgan fingerprint density at radius 3 is 2.95 bits per heavy atom. The molecule has 2 aromatic carbocycles. The van der Waals surface area contributed by atoms with Gasteiger partial charge in [0, 0.05) is 6.54 Å². The second kappa shape index (κ2) is 5.14. The summed E-state index contributed by atoms with van der Waals surface area (Å²) in [6, 6.07) is 15.5. The number of ether oxygens (including phenoxy) is 1. The number of nitrogen functional groups attached to an aromatic ring is 1. The standard InChI is InChI=1S/C16H15N3O/c17-10-12-3-1-4-13(9-12)11-19-7-8-20-15-6-2-5-14(18)16(15)19/h1-6,9H,7-8,11,18H2. The van der Waals surface area contributed by atoms with Gasteiger partial charge in [0.15, 0.2) is 0 Å². The maximum Gasteiger partial charge on any atom is 0.144 e. The van der Waals surface area contributed by atoms with Gasteiger partial charge in [-0.05, 0) is 29.8 Å². The van der Waals surface area contributed by atoms with Crippen LogP contribution in [0.2, 0.25) is 0 Å². The maximum atomic E-state index is 8.97. The highest BCUT2D eigenvalue weighted by atomic mass is 16.5. The maximum absolute atomic E-state index is 8.97. The van der Waals surface area contributed by atoms with E-state index >= 15 is 0 Å². The molecule has 0 spiro atoms. The van der Waals surface area contributed by atoms with Gasteiger partial charge < -0.3 is 15.4 Å². The van der Waals surface area contributed by atoms with Gasteiger partial charge in [-0.2, -0.15) is 5.26 Å². The lowest BCUT2D eigenvalue weighted by Crippen LogP contribution is -2.32. The first-order chi connectivity index (χ1) is 9.78. The number of rotatable bonds is 2. The van der Waals surface area contributed by atoms with Crippen LogP contribution in [0, 0.1) is 11.3 Å². The fraction of sp³-hybridized carbons (Fsp3) is 0.188. The minimum atomic E-state index is 0.647. The Kier molecular flexibility index (Phi) is 3.18. The van der Waals surface area contributed by atoms with E-state index < -0.39 is 0 Å². The molecule has 0 atom stereocenters. The molecule has 100 valence electrons. The summed E-state index contributed by atoms with van der Waals surface area (Å²) in [5, 5.41) is 8.97. The van der Waals surface area contributed by atoms with E-state index in [1.165, 1.54) is 0 Å². The highest BCUT2D eigenvalue weighted by Gasteiger charge is 2.20. The highest BCUT2D eigenvalue weighted by Crippen LogP contribution is 2.37. The molecule has 0 radical (unpaired) electrons. The van der Waals surface area contributed by atoms with Gasteiger partial charge in [0.1, 0.15) is 18.0 Å². The third-order valence-corrected chi connectivity index (χ3v) is 3.39. The van der Waals surface area contributed by atoms with Gasteiger partial charge in [0.05, 0.1) is 23.9 Å². The van der Waals surface area contributed by atoms with Crippen LogP contribution < -0.4 is 15.4 Å². The van der Waals surface area contributed by atoms with Gasteiger partial charge in [0.2, 0.25) is 0 Å². The van der Waals surface area contributed by atoms with Gasteiger partial charge in [-0.3, -0.25) is 0 Å². The van der Waals surface area contributed by atoms with Crippen LogP contribution in [0.5, 0.6) is 5.75 Å². The zero-order chi connectivity index (χ0) is 13.9. The first-order valence-electron chi connectivity index (χ1n) is 6.53. The van der Waals surface area contributed by atoms with Gasteiger partial charge in [0.25, 0.3) is 0 Å². The van der Waals surface area contributed by atoms with E-state index in [4.69, 9.17) is 15.7 Å². The van der Waals surface area contributed by atoms with Crippen LogP contribution in [0.3, 0.4) is 0 Å². The Hall–Kier alpha value is -2.67. The zero-order valence-electron chi connectivity index (χ0n) is 11.0. The lowest BCUT2D eigenvalue weighted by atomic mass is 10.1. The summed E-state index contributed by atoms with van der Waals surface area (Å²) in [6.07, 6.45) is 0. The van der Waals surface area contributed by atoms with Crippen molar-refractivity contribution < 1.29 is 4.74 Å². The number of nitrogens with zero attached hydrogens (tertiary/aromatic N) is 2. The van der Waals surface area contributed by atoms with Crippen LogP contribution in [0.4, 0.5) is 11.4 Å². The van der Waals surface area contributed by atoms with Crippen molar-refractivity contribution >= 4 is 11.4 Å². The van der Waals surface area contributed by atoms with E-state index in [1.54, 1.807) is 0 Å². The number of hydrogen-bond acceptors (Lipinski definition) is 4. The third-order valence-electron chi connectivity index (χ3n) is 3.39. The summed E-state index contributed by atoms with van der Waals surface area (Å²) < 4.78 is 5.64. The number of hydrogen-bond donors (Lipinski definition) is 1. The first-order valence-corrected chi connectivity index (χ1v) is 6.53. The normalized spacial score (nSPS) is 13.2. The predicted molar refractivity (Wildman–Crippen MR) is 78.6 cm³/mol. The molecule has 0 bridgehead atoms. The van der Waals surface area contributed by atoms with Gasteiger partial charge in [-0.25, -0.2) is 0 Å². The van der Waals surface area contributed by atoms with Crippen molar-refractivity contribution in [3.05, 3.63) is 53.6 Å². The summed E-state index contributed by atoms with van der Waals surface area (Å²) in [6.45, 7) is 2.16. The molecule has 2 aromatic rings. The fourth-order valence-electron chi connectivity index (χ4n) is 2.49. The van der Waals surface area contributed by atoms with Gasteiger partial charge in [-0.1, -0.05) is 18.2 Å². The predicted octanol–water partition coefficient (Wildman–Crippen LogP) is 2.54. The van der Waals surface area contributed by atoms with Crippen LogP contribution in [0.1, 0.15) is 11.1 Å². The molecule has 3 rings (SSSR count). The van der Waals surface area contributed by atoms with Gasteiger partial charge >= 0.3 is 0 Å². The van der Waals surface area contributed by atoms with Crippen molar-refractivity contribution in [1.29, 1.82) is 5.26 Å². The molecule has 1 aliphatic heterocycles. The van der Waals surface area contributed by atoms with Crippen LogP contribution >= 0.6 is 0 Å². The Bertz CT molecular complexity index is 676. The molecule has 2 N–H and O–H groups in total. The molecule has 0 amide bonds. The zero-order valence-corrected chi connectivity index (χ0v) is 11.0. The van der Waals surface area contributed by atoms with Gasteiger partial charge in [-0.15, -0.1) is 0 Å². The van der Waals surface area contributed by atoms with Crippen molar-refractivity contribution in [3.63, 3.8) is 0 Å². The highest BCUT2D eigenvalue weighted by molar-refractivity contribution is 5.75. The Labute approximate surface area is 118 Å². The van der Waals surface area contributed by atoms with E-state index in [1.807, 2.05) is 42.5 Å². The Morgan fingerprint density at radius 1 is 1.25 bits per heavy atom. The third kappa shape index (κ3) is 2.26. The van der Waals surface area contributed by atoms with Crippen molar-refractivity contribution in [2.45, 2.75) is 6.54 Å². The van der Waals surface area contributed by atoms with E-state index in [0.29, 0.717) is 12.2 Å². The molecule has 0 aromatic heterocycles. The van der Waals surface area contributed by atoms with E-state index in [9.17, 15) is 0 Å². The van der Waals surface area contributed by atoms with Crippen molar-refractivity contribution in [2.75, 3.05) is 23.8 Å². The van der Waals surface area contributed by atoms with E-state index in [-0.39, 0.29) is 0 Å². The minimum Gasteiger partial charge on any atom is -0.489 e. The van der Waals surface area contributed by atoms with Crippen molar-refractivity contribution in [2.24, 2.45) is 0 Å². The average molecular weight is 265 g/mol. The number of nitriles is 1. The summed E-state index contributed by atoms with van der Waals surface area (Å²) in [4.78, 5) is 2.20. The molecular formula is C16H15N3O. The fourth-order valence-corrected chi connectivity index (χ4v) is 2.49. The monoisotopic (exact) mass is 265 g/mol. The number of fused-ring (bicyclic) bond motifs is 1. The smallest absolute Gasteiger partial charge is 0.144 e. The quantitative estimate of drug-likeness (QED) is 0.848. The number of anilines is 2. The number of benzene rings is 2. The lowest BCUT2D eigenvalue weighted by molar-refractivity contribution is 0.307. The molecule has 0 aliphatic carbocycles.